The molecule has 0 saturated heterocycles. The SMILES string of the molecule is CC1(C)c2ccccc2-c2c(-c3nc4ccccc4nc3-c3ccccc3)cccc2C1(C)C. The molecule has 6 rings (SSSR count). The zero-order valence-electron chi connectivity index (χ0n) is 20.1. The van der Waals surface area contributed by atoms with Gasteiger partial charge in [0.2, 0.25) is 0 Å². The number of rotatable bonds is 2. The number of nitrogens with zero attached hydrogens (tertiary/aromatic N) is 2. The Morgan fingerprint density at radius 3 is 1.74 bits per heavy atom. The zero-order chi connectivity index (χ0) is 23.5. The molecule has 0 N–H and O–H groups in total. The molecule has 0 aliphatic heterocycles. The van der Waals surface area contributed by atoms with Crippen molar-refractivity contribution >= 4 is 11.0 Å². The van der Waals surface area contributed by atoms with Gasteiger partial charge < -0.3 is 0 Å². The third kappa shape index (κ3) is 2.88. The van der Waals surface area contributed by atoms with Crippen molar-refractivity contribution in [3.05, 3.63) is 108 Å². The van der Waals surface area contributed by atoms with Crippen LogP contribution in [0, 0.1) is 0 Å². The van der Waals surface area contributed by atoms with Crippen molar-refractivity contribution in [2.24, 2.45) is 0 Å². The number of benzene rings is 4. The molecule has 34 heavy (non-hydrogen) atoms. The number of hydrogen-bond donors (Lipinski definition) is 0. The van der Waals surface area contributed by atoms with E-state index in [4.69, 9.17) is 9.97 Å². The highest BCUT2D eigenvalue weighted by Crippen LogP contribution is 2.56. The van der Waals surface area contributed by atoms with Crippen LogP contribution in [0.25, 0.3) is 44.7 Å². The molecule has 0 spiro atoms. The number of para-hydroxylation sites is 2. The van der Waals surface area contributed by atoms with E-state index in [9.17, 15) is 0 Å². The first kappa shape index (κ1) is 20.8. The summed E-state index contributed by atoms with van der Waals surface area (Å²) < 4.78 is 0. The van der Waals surface area contributed by atoms with E-state index < -0.39 is 0 Å². The van der Waals surface area contributed by atoms with Gasteiger partial charge in [-0.3, -0.25) is 0 Å². The summed E-state index contributed by atoms with van der Waals surface area (Å²) in [6.45, 7) is 9.48. The summed E-state index contributed by atoms with van der Waals surface area (Å²) in [6.07, 6.45) is 0. The lowest BCUT2D eigenvalue weighted by Crippen LogP contribution is -2.43. The maximum Gasteiger partial charge on any atom is 0.0979 e. The van der Waals surface area contributed by atoms with Gasteiger partial charge in [0.1, 0.15) is 0 Å². The summed E-state index contributed by atoms with van der Waals surface area (Å²) >= 11 is 0. The van der Waals surface area contributed by atoms with Crippen molar-refractivity contribution in [3.8, 4) is 33.6 Å². The van der Waals surface area contributed by atoms with Crippen molar-refractivity contribution < 1.29 is 0 Å². The molecule has 0 unspecified atom stereocenters. The number of fused-ring (bicyclic) bond motifs is 4. The van der Waals surface area contributed by atoms with Gasteiger partial charge >= 0.3 is 0 Å². The van der Waals surface area contributed by atoms with Crippen LogP contribution in [0.15, 0.2) is 97.1 Å². The van der Waals surface area contributed by atoms with E-state index in [1.165, 1.54) is 22.3 Å². The van der Waals surface area contributed by atoms with Crippen LogP contribution >= 0.6 is 0 Å². The maximum atomic E-state index is 5.22. The van der Waals surface area contributed by atoms with Gasteiger partial charge in [0.15, 0.2) is 0 Å². The van der Waals surface area contributed by atoms with Crippen molar-refractivity contribution in [3.63, 3.8) is 0 Å². The van der Waals surface area contributed by atoms with Crippen LogP contribution in [0.1, 0.15) is 38.8 Å². The summed E-state index contributed by atoms with van der Waals surface area (Å²) in [5.74, 6) is 0. The van der Waals surface area contributed by atoms with Gasteiger partial charge in [-0.25, -0.2) is 9.97 Å². The van der Waals surface area contributed by atoms with Crippen molar-refractivity contribution in [1.29, 1.82) is 0 Å². The summed E-state index contributed by atoms with van der Waals surface area (Å²) in [7, 11) is 0. The molecule has 0 saturated carbocycles. The Morgan fingerprint density at radius 2 is 1.00 bits per heavy atom. The first-order chi connectivity index (χ1) is 16.4. The van der Waals surface area contributed by atoms with Crippen LogP contribution in [-0.4, -0.2) is 9.97 Å². The van der Waals surface area contributed by atoms with Gasteiger partial charge in [0.05, 0.1) is 22.4 Å². The molecule has 0 radical (unpaired) electrons. The second-order valence-corrected chi connectivity index (χ2v) is 10.3. The quantitative estimate of drug-likeness (QED) is 0.276. The molecule has 1 aliphatic carbocycles. The molecule has 5 aromatic rings. The van der Waals surface area contributed by atoms with Crippen LogP contribution in [-0.2, 0) is 10.8 Å². The monoisotopic (exact) mass is 440 g/mol. The van der Waals surface area contributed by atoms with Crippen molar-refractivity contribution in [2.45, 2.75) is 38.5 Å². The Kier molecular flexibility index (Phi) is 4.50. The Balaban J connectivity index is 1.74. The first-order valence-electron chi connectivity index (χ1n) is 12.0. The number of aromatic nitrogens is 2. The molecule has 4 aromatic carbocycles. The van der Waals surface area contributed by atoms with E-state index in [2.05, 4.69) is 100 Å². The standard InChI is InChI=1S/C32H28N2/c1-31(2)24-17-9-8-15-22(24)28-23(16-12-18-25(28)32(31,3)4)30-29(21-13-6-5-7-14-21)33-26-19-10-11-20-27(26)34-30/h5-20H,1-4H3. The summed E-state index contributed by atoms with van der Waals surface area (Å²) in [4.78, 5) is 10.4. The molecular formula is C32H28N2. The van der Waals surface area contributed by atoms with Crippen LogP contribution < -0.4 is 0 Å². The van der Waals surface area contributed by atoms with Crippen LogP contribution in [0.5, 0.6) is 0 Å². The van der Waals surface area contributed by atoms with E-state index in [-0.39, 0.29) is 10.8 Å². The molecule has 1 aliphatic rings. The maximum absolute atomic E-state index is 5.22. The fourth-order valence-corrected chi connectivity index (χ4v) is 5.47. The Labute approximate surface area is 201 Å². The first-order valence-corrected chi connectivity index (χ1v) is 12.0. The van der Waals surface area contributed by atoms with Crippen molar-refractivity contribution in [2.75, 3.05) is 0 Å². The fourth-order valence-electron chi connectivity index (χ4n) is 5.47. The average Bonchev–Trinajstić information content (AvgIpc) is 2.87. The highest BCUT2D eigenvalue weighted by molar-refractivity contribution is 5.95. The van der Waals surface area contributed by atoms with E-state index in [1.54, 1.807) is 0 Å². The molecule has 1 aromatic heterocycles. The average molecular weight is 441 g/mol. The lowest BCUT2D eigenvalue weighted by molar-refractivity contribution is 0.299. The predicted octanol–water partition coefficient (Wildman–Crippen LogP) is 8.20. The van der Waals surface area contributed by atoms with Crippen molar-refractivity contribution in [1.82, 2.24) is 9.97 Å². The molecular weight excluding hydrogens is 412 g/mol. The second kappa shape index (κ2) is 7.36. The van der Waals surface area contributed by atoms with E-state index >= 15 is 0 Å². The third-order valence-electron chi connectivity index (χ3n) is 8.04. The minimum Gasteiger partial charge on any atom is -0.244 e. The molecule has 1 heterocycles. The molecule has 2 heteroatoms. The molecule has 0 atom stereocenters. The van der Waals surface area contributed by atoms with Gasteiger partial charge in [-0.2, -0.15) is 0 Å². The third-order valence-corrected chi connectivity index (χ3v) is 8.04. The Bertz CT molecular complexity index is 1540. The topological polar surface area (TPSA) is 25.8 Å². The van der Waals surface area contributed by atoms with Gasteiger partial charge in [-0.1, -0.05) is 113 Å². The summed E-state index contributed by atoms with van der Waals surface area (Å²) in [5, 5.41) is 0. The molecule has 2 nitrogen and oxygen atoms in total. The largest absolute Gasteiger partial charge is 0.244 e. The lowest BCUT2D eigenvalue weighted by atomic mass is 9.55. The predicted molar refractivity (Wildman–Crippen MR) is 142 cm³/mol. The van der Waals surface area contributed by atoms with Gasteiger partial charge in [-0.15, -0.1) is 0 Å². The lowest BCUT2D eigenvalue weighted by Gasteiger charge is -2.48. The zero-order valence-corrected chi connectivity index (χ0v) is 20.1. The van der Waals surface area contributed by atoms with Gasteiger partial charge in [-0.05, 0) is 45.2 Å². The smallest absolute Gasteiger partial charge is 0.0979 e. The van der Waals surface area contributed by atoms with Crippen LogP contribution in [0.4, 0.5) is 0 Å². The Hall–Kier alpha value is -3.78. The molecule has 0 fully saturated rings. The number of hydrogen-bond acceptors (Lipinski definition) is 2. The fraction of sp³-hybridized carbons (Fsp3) is 0.188. The minimum absolute atomic E-state index is 0.00740. The molecule has 166 valence electrons. The van der Waals surface area contributed by atoms with Crippen LogP contribution in [0.3, 0.4) is 0 Å². The van der Waals surface area contributed by atoms with E-state index in [1.807, 2.05) is 24.3 Å². The van der Waals surface area contributed by atoms with E-state index in [0.717, 1.165) is 33.5 Å². The Morgan fingerprint density at radius 1 is 0.471 bits per heavy atom. The van der Waals surface area contributed by atoms with Gasteiger partial charge in [0, 0.05) is 11.1 Å². The van der Waals surface area contributed by atoms with Crippen LogP contribution in [0.2, 0.25) is 0 Å². The van der Waals surface area contributed by atoms with E-state index in [0.29, 0.717) is 0 Å². The molecule has 0 amide bonds. The summed E-state index contributed by atoms with van der Waals surface area (Å²) in [6, 6.07) is 34.2. The van der Waals surface area contributed by atoms with Gasteiger partial charge in [0.25, 0.3) is 0 Å². The molecule has 0 bridgehead atoms. The minimum atomic E-state index is -0.0517. The highest BCUT2D eigenvalue weighted by Gasteiger charge is 2.46. The second-order valence-electron chi connectivity index (χ2n) is 10.3. The summed E-state index contributed by atoms with van der Waals surface area (Å²) in [5.41, 5.74) is 11.2. The highest BCUT2D eigenvalue weighted by atomic mass is 14.8. The normalized spacial score (nSPS) is 15.5.